The van der Waals surface area contributed by atoms with Gasteiger partial charge in [-0.3, -0.25) is 9.69 Å². The summed E-state index contributed by atoms with van der Waals surface area (Å²) in [5.74, 6) is 1.35. The van der Waals surface area contributed by atoms with E-state index in [2.05, 4.69) is 15.4 Å². The van der Waals surface area contributed by atoms with Crippen molar-refractivity contribution >= 4 is 12.1 Å². The normalized spacial score (nSPS) is 18.1. The second-order valence-electron chi connectivity index (χ2n) is 5.40. The first kappa shape index (κ1) is 15.8. The molecule has 3 rings (SSSR count). The molecule has 23 heavy (non-hydrogen) atoms. The highest BCUT2D eigenvalue weighted by atomic mass is 16.6. The van der Waals surface area contributed by atoms with Crippen LogP contribution in [0.2, 0.25) is 0 Å². The number of ether oxygens (including phenoxy) is 3. The van der Waals surface area contributed by atoms with Gasteiger partial charge < -0.3 is 14.2 Å². The zero-order chi connectivity index (χ0) is 15.9. The number of hydrogen-bond acceptors (Lipinski definition) is 6. The quantitative estimate of drug-likeness (QED) is 0.637. The number of carbonyl (C=O) groups excluding carboxylic acids is 1. The van der Waals surface area contributed by atoms with Crippen LogP contribution in [0.1, 0.15) is 12.0 Å². The number of amides is 1. The lowest BCUT2D eigenvalue weighted by atomic mass is 10.2. The molecule has 1 N–H and O–H groups in total. The minimum atomic E-state index is -0.0923. The molecular formula is C16H21N3O4. The van der Waals surface area contributed by atoms with E-state index in [-0.39, 0.29) is 5.91 Å². The second-order valence-corrected chi connectivity index (χ2v) is 5.40. The van der Waals surface area contributed by atoms with Crippen LogP contribution in [-0.2, 0) is 9.53 Å². The standard InChI is InChI=1S/C16H21N3O4/c20-16(3-4-19-5-7-21-8-6-19)18-17-12-13-1-2-14-15(11-13)23-10-9-22-14/h1-2,11-12H,3-10H2,(H,18,20)/b17-12+. The van der Waals surface area contributed by atoms with E-state index >= 15 is 0 Å². The summed E-state index contributed by atoms with van der Waals surface area (Å²) in [6.07, 6.45) is 2.03. The highest BCUT2D eigenvalue weighted by molar-refractivity contribution is 5.83. The SMILES string of the molecule is O=C(CCN1CCOCC1)N/N=C/c1ccc2c(c1)OCCO2. The highest BCUT2D eigenvalue weighted by Gasteiger charge is 2.12. The zero-order valence-corrected chi connectivity index (χ0v) is 13.0. The molecule has 0 saturated carbocycles. The number of hydrazone groups is 1. The van der Waals surface area contributed by atoms with Crippen LogP contribution in [-0.4, -0.2) is 63.1 Å². The number of nitrogens with one attached hydrogen (secondary N) is 1. The number of morpholine rings is 1. The Labute approximate surface area is 135 Å². The Bertz CT molecular complexity index is 570. The topological polar surface area (TPSA) is 72.4 Å². The summed E-state index contributed by atoms with van der Waals surface area (Å²) in [4.78, 5) is 14.0. The molecule has 0 aliphatic carbocycles. The number of hydrogen-bond donors (Lipinski definition) is 1. The summed E-state index contributed by atoms with van der Waals surface area (Å²) < 4.78 is 16.2. The van der Waals surface area contributed by atoms with Gasteiger partial charge in [0.05, 0.1) is 19.4 Å². The number of fused-ring (bicyclic) bond motifs is 1. The van der Waals surface area contributed by atoms with Gasteiger partial charge in [0.15, 0.2) is 11.5 Å². The molecule has 0 radical (unpaired) electrons. The van der Waals surface area contributed by atoms with Gasteiger partial charge in [-0.1, -0.05) is 0 Å². The van der Waals surface area contributed by atoms with Crippen molar-refractivity contribution in [2.75, 3.05) is 46.1 Å². The molecule has 1 saturated heterocycles. The van der Waals surface area contributed by atoms with Gasteiger partial charge in [0.2, 0.25) is 5.91 Å². The van der Waals surface area contributed by atoms with Crippen LogP contribution in [0.15, 0.2) is 23.3 Å². The zero-order valence-electron chi connectivity index (χ0n) is 13.0. The third-order valence-electron chi connectivity index (χ3n) is 3.73. The van der Waals surface area contributed by atoms with Crippen molar-refractivity contribution in [2.45, 2.75) is 6.42 Å². The fraction of sp³-hybridized carbons (Fsp3) is 0.500. The first-order chi connectivity index (χ1) is 11.3. The van der Waals surface area contributed by atoms with Crippen LogP contribution >= 0.6 is 0 Å². The summed E-state index contributed by atoms with van der Waals surface area (Å²) in [5, 5.41) is 3.99. The average molecular weight is 319 g/mol. The Hall–Kier alpha value is -2.12. The third kappa shape index (κ3) is 4.67. The van der Waals surface area contributed by atoms with E-state index in [0.717, 1.165) is 44.2 Å². The smallest absolute Gasteiger partial charge is 0.241 e. The van der Waals surface area contributed by atoms with Crippen molar-refractivity contribution in [1.29, 1.82) is 0 Å². The van der Waals surface area contributed by atoms with Crippen molar-refractivity contribution < 1.29 is 19.0 Å². The van der Waals surface area contributed by atoms with Crippen LogP contribution < -0.4 is 14.9 Å². The summed E-state index contributed by atoms with van der Waals surface area (Å²) in [7, 11) is 0. The highest BCUT2D eigenvalue weighted by Crippen LogP contribution is 2.30. The van der Waals surface area contributed by atoms with Crippen LogP contribution in [0.4, 0.5) is 0 Å². The summed E-state index contributed by atoms with van der Waals surface area (Å²) in [6.45, 7) is 5.09. The molecule has 1 amide bonds. The fourth-order valence-electron chi connectivity index (χ4n) is 2.46. The van der Waals surface area contributed by atoms with E-state index in [9.17, 15) is 4.79 Å². The third-order valence-corrected chi connectivity index (χ3v) is 3.73. The Morgan fingerprint density at radius 3 is 2.78 bits per heavy atom. The Morgan fingerprint density at radius 1 is 1.17 bits per heavy atom. The van der Waals surface area contributed by atoms with Crippen molar-refractivity contribution in [3.05, 3.63) is 23.8 Å². The lowest BCUT2D eigenvalue weighted by molar-refractivity contribution is -0.121. The van der Waals surface area contributed by atoms with Gasteiger partial charge in [0, 0.05) is 26.1 Å². The number of benzene rings is 1. The molecule has 0 unspecified atom stereocenters. The van der Waals surface area contributed by atoms with Crippen molar-refractivity contribution in [3.8, 4) is 11.5 Å². The number of rotatable bonds is 5. The Morgan fingerprint density at radius 2 is 1.96 bits per heavy atom. The largest absolute Gasteiger partial charge is 0.486 e. The minimum absolute atomic E-state index is 0.0923. The average Bonchev–Trinajstić information content (AvgIpc) is 2.61. The van der Waals surface area contributed by atoms with Crippen molar-refractivity contribution in [1.82, 2.24) is 10.3 Å². The fourth-order valence-corrected chi connectivity index (χ4v) is 2.46. The second kappa shape index (κ2) is 7.94. The number of nitrogens with zero attached hydrogens (tertiary/aromatic N) is 2. The molecule has 0 bridgehead atoms. The van der Waals surface area contributed by atoms with Crippen LogP contribution in [0.5, 0.6) is 11.5 Å². The maximum atomic E-state index is 11.8. The van der Waals surface area contributed by atoms with Gasteiger partial charge in [0.25, 0.3) is 0 Å². The van der Waals surface area contributed by atoms with E-state index in [4.69, 9.17) is 14.2 Å². The van der Waals surface area contributed by atoms with Gasteiger partial charge in [-0.25, -0.2) is 5.43 Å². The molecule has 1 aromatic rings. The Kier molecular flexibility index (Phi) is 5.44. The molecule has 1 fully saturated rings. The molecule has 2 aliphatic heterocycles. The molecule has 0 atom stereocenters. The van der Waals surface area contributed by atoms with Gasteiger partial charge in [-0.15, -0.1) is 0 Å². The molecule has 124 valence electrons. The molecule has 7 heteroatoms. The van der Waals surface area contributed by atoms with E-state index in [1.165, 1.54) is 0 Å². The molecular weight excluding hydrogens is 298 g/mol. The van der Waals surface area contributed by atoms with E-state index < -0.39 is 0 Å². The summed E-state index contributed by atoms with van der Waals surface area (Å²) in [6, 6.07) is 5.56. The molecule has 2 heterocycles. The van der Waals surface area contributed by atoms with E-state index in [0.29, 0.717) is 25.4 Å². The lowest BCUT2D eigenvalue weighted by Crippen LogP contribution is -2.38. The molecule has 7 nitrogen and oxygen atoms in total. The predicted molar refractivity (Wildman–Crippen MR) is 85.0 cm³/mol. The first-order valence-corrected chi connectivity index (χ1v) is 7.83. The van der Waals surface area contributed by atoms with Gasteiger partial charge in [-0.2, -0.15) is 5.10 Å². The van der Waals surface area contributed by atoms with Gasteiger partial charge >= 0.3 is 0 Å². The van der Waals surface area contributed by atoms with Crippen LogP contribution in [0.25, 0.3) is 0 Å². The first-order valence-electron chi connectivity index (χ1n) is 7.83. The van der Waals surface area contributed by atoms with Crippen molar-refractivity contribution in [3.63, 3.8) is 0 Å². The maximum absolute atomic E-state index is 11.8. The lowest BCUT2D eigenvalue weighted by Gasteiger charge is -2.25. The Balaban J connectivity index is 1.43. The van der Waals surface area contributed by atoms with Crippen LogP contribution in [0.3, 0.4) is 0 Å². The van der Waals surface area contributed by atoms with Gasteiger partial charge in [-0.05, 0) is 23.8 Å². The van der Waals surface area contributed by atoms with Gasteiger partial charge in [0.1, 0.15) is 13.2 Å². The van der Waals surface area contributed by atoms with E-state index in [1.54, 1.807) is 6.21 Å². The van der Waals surface area contributed by atoms with Crippen LogP contribution in [0, 0.1) is 0 Å². The maximum Gasteiger partial charge on any atom is 0.241 e. The molecule has 0 spiro atoms. The number of carbonyl (C=O) groups is 1. The molecule has 2 aliphatic rings. The predicted octanol–water partition coefficient (Wildman–Crippen LogP) is 0.630. The summed E-state index contributed by atoms with van der Waals surface area (Å²) in [5.41, 5.74) is 3.40. The molecule has 1 aromatic carbocycles. The van der Waals surface area contributed by atoms with E-state index in [1.807, 2.05) is 18.2 Å². The van der Waals surface area contributed by atoms with Crippen molar-refractivity contribution in [2.24, 2.45) is 5.10 Å². The molecule has 0 aromatic heterocycles. The monoisotopic (exact) mass is 319 g/mol. The minimum Gasteiger partial charge on any atom is -0.486 e. The summed E-state index contributed by atoms with van der Waals surface area (Å²) >= 11 is 0.